The predicted octanol–water partition coefficient (Wildman–Crippen LogP) is 7.37. The van der Waals surface area contributed by atoms with E-state index in [1.54, 1.807) is 48.5 Å². The summed E-state index contributed by atoms with van der Waals surface area (Å²) in [6.07, 6.45) is -1.94. The molecular weight excluding hydrogens is 499 g/mol. The molecule has 0 bridgehead atoms. The third-order valence-electron chi connectivity index (χ3n) is 6.70. The van der Waals surface area contributed by atoms with Gasteiger partial charge in [-0.05, 0) is 62.1 Å². The van der Waals surface area contributed by atoms with Crippen LogP contribution in [0.5, 0.6) is 0 Å². The van der Waals surface area contributed by atoms with Crippen LogP contribution >= 0.6 is 11.6 Å². The lowest BCUT2D eigenvalue weighted by Gasteiger charge is -2.25. The van der Waals surface area contributed by atoms with Gasteiger partial charge < -0.3 is 4.90 Å². The first-order valence-corrected chi connectivity index (χ1v) is 12.5. The Morgan fingerprint density at radius 3 is 2.49 bits per heavy atom. The number of hydrogen-bond donors (Lipinski definition) is 0. The van der Waals surface area contributed by atoms with Gasteiger partial charge in [0.15, 0.2) is 5.69 Å². The van der Waals surface area contributed by atoms with E-state index in [0.29, 0.717) is 23.4 Å². The molecule has 190 valence electrons. The van der Waals surface area contributed by atoms with Gasteiger partial charge in [0.05, 0.1) is 16.4 Å². The summed E-state index contributed by atoms with van der Waals surface area (Å²) >= 11 is 6.27. The van der Waals surface area contributed by atoms with Gasteiger partial charge in [-0.3, -0.25) is 4.79 Å². The van der Waals surface area contributed by atoms with Crippen molar-refractivity contribution in [2.75, 3.05) is 6.54 Å². The second-order valence-electron chi connectivity index (χ2n) is 9.34. The van der Waals surface area contributed by atoms with Crippen LogP contribution in [0.3, 0.4) is 0 Å². The van der Waals surface area contributed by atoms with Crippen LogP contribution in [0.25, 0.3) is 16.9 Å². The van der Waals surface area contributed by atoms with Crippen molar-refractivity contribution in [3.63, 3.8) is 0 Å². The van der Waals surface area contributed by atoms with Crippen LogP contribution in [0, 0.1) is 6.92 Å². The molecule has 8 heteroatoms. The molecule has 0 N–H and O–H groups in total. The van der Waals surface area contributed by atoms with Crippen molar-refractivity contribution in [3.05, 3.63) is 106 Å². The molecule has 1 amide bonds. The number of nitrogens with zero attached hydrogens (tertiary/aromatic N) is 3. The lowest BCUT2D eigenvalue weighted by molar-refractivity contribution is -0.141. The predicted molar refractivity (Wildman–Crippen MR) is 138 cm³/mol. The molecule has 4 aromatic rings. The molecule has 0 radical (unpaired) electrons. The highest BCUT2D eigenvalue weighted by Crippen LogP contribution is 2.35. The Hall–Kier alpha value is -3.58. The number of carbonyl (C=O) groups excluding carboxylic acids is 1. The number of aromatic nitrogens is 2. The van der Waals surface area contributed by atoms with Crippen molar-refractivity contribution >= 4 is 17.5 Å². The van der Waals surface area contributed by atoms with Crippen LogP contribution < -0.4 is 0 Å². The summed E-state index contributed by atoms with van der Waals surface area (Å²) in [6.45, 7) is 2.74. The van der Waals surface area contributed by atoms with E-state index in [9.17, 15) is 18.0 Å². The Morgan fingerprint density at radius 1 is 1.03 bits per heavy atom. The number of amides is 1. The lowest BCUT2D eigenvalue weighted by atomic mass is 10.0. The smallest absolute Gasteiger partial charge is 0.335 e. The average molecular weight is 524 g/mol. The summed E-state index contributed by atoms with van der Waals surface area (Å²) in [4.78, 5) is 15.3. The van der Waals surface area contributed by atoms with Gasteiger partial charge in [0.2, 0.25) is 0 Å². The summed E-state index contributed by atoms with van der Waals surface area (Å²) in [5.41, 5.74) is 2.95. The SMILES string of the molecule is Cc1cccc(CC2CCCN2C(=O)c2ccc(-c3cc(C(F)(F)F)nn3-c3ccccc3Cl)cc2)c1. The molecule has 1 atom stereocenters. The number of carbonyl (C=O) groups is 1. The highest BCUT2D eigenvalue weighted by molar-refractivity contribution is 6.32. The van der Waals surface area contributed by atoms with E-state index in [1.807, 2.05) is 11.0 Å². The van der Waals surface area contributed by atoms with Gasteiger partial charge in [-0.25, -0.2) is 4.68 Å². The Labute approximate surface area is 218 Å². The number of likely N-dealkylation sites (tertiary alicyclic amines) is 1. The standard InChI is InChI=1S/C29H25ClF3N3O/c1-19-6-4-7-20(16-19)17-23-8-5-15-35(23)28(37)22-13-11-21(12-14-22)26-18-27(29(31,32)33)34-36(26)25-10-3-2-9-24(25)30/h2-4,6-7,9-14,16,18,23H,5,8,15,17H2,1H3. The van der Waals surface area contributed by atoms with Gasteiger partial charge >= 0.3 is 6.18 Å². The summed E-state index contributed by atoms with van der Waals surface area (Å²) in [5, 5.41) is 4.08. The normalized spacial score (nSPS) is 15.8. The monoisotopic (exact) mass is 523 g/mol. The van der Waals surface area contributed by atoms with Crippen molar-refractivity contribution < 1.29 is 18.0 Å². The van der Waals surface area contributed by atoms with Crippen LogP contribution in [0.2, 0.25) is 5.02 Å². The Bertz CT molecular complexity index is 1430. The van der Waals surface area contributed by atoms with E-state index >= 15 is 0 Å². The number of rotatable bonds is 5. The molecular formula is C29H25ClF3N3O. The maximum absolute atomic E-state index is 13.5. The number of alkyl halides is 3. The van der Waals surface area contributed by atoms with Gasteiger partial charge in [0.1, 0.15) is 0 Å². The van der Waals surface area contributed by atoms with E-state index in [0.717, 1.165) is 25.3 Å². The van der Waals surface area contributed by atoms with Crippen molar-refractivity contribution in [2.24, 2.45) is 0 Å². The highest BCUT2D eigenvalue weighted by Gasteiger charge is 2.35. The first-order chi connectivity index (χ1) is 17.7. The molecule has 3 aromatic carbocycles. The summed E-state index contributed by atoms with van der Waals surface area (Å²) in [6, 6.07) is 22.7. The minimum Gasteiger partial charge on any atom is -0.335 e. The lowest BCUT2D eigenvalue weighted by Crippen LogP contribution is -2.36. The minimum absolute atomic E-state index is 0.0719. The fourth-order valence-electron chi connectivity index (χ4n) is 4.91. The quantitative estimate of drug-likeness (QED) is 0.274. The number of hydrogen-bond acceptors (Lipinski definition) is 2. The maximum Gasteiger partial charge on any atom is 0.435 e. The highest BCUT2D eigenvalue weighted by atomic mass is 35.5. The Kier molecular flexibility index (Phi) is 6.82. The fraction of sp³-hybridized carbons (Fsp3) is 0.241. The molecule has 0 aliphatic carbocycles. The number of benzene rings is 3. The molecule has 0 spiro atoms. The third kappa shape index (κ3) is 5.27. The molecule has 5 rings (SSSR count). The number of para-hydroxylation sites is 1. The Balaban J connectivity index is 1.42. The van der Waals surface area contributed by atoms with E-state index < -0.39 is 11.9 Å². The average Bonchev–Trinajstić information content (AvgIpc) is 3.52. The van der Waals surface area contributed by atoms with E-state index in [4.69, 9.17) is 11.6 Å². The zero-order chi connectivity index (χ0) is 26.2. The molecule has 4 nitrogen and oxygen atoms in total. The topological polar surface area (TPSA) is 38.1 Å². The first-order valence-electron chi connectivity index (χ1n) is 12.1. The zero-order valence-electron chi connectivity index (χ0n) is 20.2. The summed E-state index contributed by atoms with van der Waals surface area (Å²) in [7, 11) is 0. The van der Waals surface area contributed by atoms with Gasteiger partial charge in [-0.15, -0.1) is 0 Å². The maximum atomic E-state index is 13.5. The van der Waals surface area contributed by atoms with Gasteiger partial charge in [0, 0.05) is 23.7 Å². The van der Waals surface area contributed by atoms with Crippen LogP contribution in [0.15, 0.2) is 78.9 Å². The molecule has 0 saturated carbocycles. The second-order valence-corrected chi connectivity index (χ2v) is 9.75. The summed E-state index contributed by atoms with van der Waals surface area (Å²) < 4.78 is 41.7. The molecule has 2 heterocycles. The summed E-state index contributed by atoms with van der Waals surface area (Å²) in [5.74, 6) is -0.0719. The van der Waals surface area contributed by atoms with Gasteiger partial charge in [0.25, 0.3) is 5.91 Å². The molecule has 1 aliphatic rings. The Morgan fingerprint density at radius 2 is 1.78 bits per heavy atom. The van der Waals surface area contributed by atoms with Crippen molar-refractivity contribution in [1.82, 2.24) is 14.7 Å². The second kappa shape index (κ2) is 10.1. The molecule has 1 fully saturated rings. The van der Waals surface area contributed by atoms with Crippen LogP contribution in [0.1, 0.15) is 40.0 Å². The van der Waals surface area contributed by atoms with Crippen molar-refractivity contribution in [1.29, 1.82) is 0 Å². The molecule has 1 aromatic heterocycles. The van der Waals surface area contributed by atoms with Crippen molar-refractivity contribution in [3.8, 4) is 16.9 Å². The fourth-order valence-corrected chi connectivity index (χ4v) is 5.12. The molecule has 1 unspecified atom stereocenters. The van der Waals surface area contributed by atoms with Crippen LogP contribution in [-0.2, 0) is 12.6 Å². The largest absolute Gasteiger partial charge is 0.435 e. The van der Waals surface area contributed by atoms with Crippen LogP contribution in [-0.4, -0.2) is 33.2 Å². The number of halogens is 4. The van der Waals surface area contributed by atoms with Crippen LogP contribution in [0.4, 0.5) is 13.2 Å². The van der Waals surface area contributed by atoms with E-state index in [2.05, 4.69) is 30.2 Å². The first kappa shape index (κ1) is 25.1. The third-order valence-corrected chi connectivity index (χ3v) is 7.02. The molecule has 37 heavy (non-hydrogen) atoms. The van der Waals surface area contributed by atoms with E-state index in [1.165, 1.54) is 15.8 Å². The zero-order valence-corrected chi connectivity index (χ0v) is 20.9. The van der Waals surface area contributed by atoms with Gasteiger partial charge in [-0.1, -0.05) is 65.7 Å². The van der Waals surface area contributed by atoms with Crippen molar-refractivity contribution in [2.45, 2.75) is 38.4 Å². The van der Waals surface area contributed by atoms with E-state index in [-0.39, 0.29) is 22.7 Å². The molecule has 1 aliphatic heterocycles. The molecule has 1 saturated heterocycles. The van der Waals surface area contributed by atoms with Gasteiger partial charge in [-0.2, -0.15) is 18.3 Å². The number of aryl methyl sites for hydroxylation is 1. The minimum atomic E-state index is -4.61.